The van der Waals surface area contributed by atoms with Gasteiger partial charge >= 0.3 is 12.1 Å². The Morgan fingerprint density at radius 2 is 1.71 bits per heavy atom. The van der Waals surface area contributed by atoms with Crippen molar-refractivity contribution in [3.8, 4) is 11.3 Å². The van der Waals surface area contributed by atoms with E-state index in [4.69, 9.17) is 19.2 Å². The predicted octanol–water partition coefficient (Wildman–Crippen LogP) is 6.17. The van der Waals surface area contributed by atoms with E-state index < -0.39 is 17.3 Å². The van der Waals surface area contributed by atoms with Gasteiger partial charge in [0.2, 0.25) is 5.95 Å². The highest BCUT2D eigenvalue weighted by molar-refractivity contribution is 7.59. The zero-order valence-corrected chi connectivity index (χ0v) is 30.0. The number of aromatic nitrogens is 2. The maximum atomic E-state index is 12.9. The number of nitrogens with one attached hydrogen (secondary N) is 2. The highest BCUT2D eigenvalue weighted by Crippen LogP contribution is 2.29. The minimum atomic E-state index is -0.584. The number of carbonyl (C=O) groups excluding carboxylic acids is 2. The number of morpholine rings is 1. The van der Waals surface area contributed by atoms with E-state index in [1.807, 2.05) is 71.9 Å². The highest BCUT2D eigenvalue weighted by Gasteiger charge is 2.34. The number of rotatable bonds is 9. The summed E-state index contributed by atoms with van der Waals surface area (Å²) in [6, 6.07) is 16.0. The number of benzene rings is 2. The van der Waals surface area contributed by atoms with Gasteiger partial charge in [-0.05, 0) is 102 Å². The van der Waals surface area contributed by atoms with Crippen molar-refractivity contribution in [2.75, 3.05) is 43.1 Å². The van der Waals surface area contributed by atoms with E-state index in [9.17, 15) is 9.59 Å². The normalized spacial score (nSPS) is 17.0. The summed E-state index contributed by atoms with van der Waals surface area (Å²) in [6.45, 7) is 15.9. The largest absolute Gasteiger partial charge is 0.459 e. The standard InChI is InChI=1S/C36H48N6O5.H2S/c1-35(2,3)46-32(43)31-11-8-16-42(31)24-25-9-7-10-26(21-25)29-14-15-37-33(40-29)39-28-12-13-30(41-17-19-45-20-18-41)27(22-28)23-38-34(44)47-36(4,5)6;/h7,9-10,12-15,21-22,31H,8,11,16-20,23-24H2,1-6H3,(H,38,44)(H,37,39,40);1H2. The molecule has 1 aromatic heterocycles. The van der Waals surface area contributed by atoms with Gasteiger partial charge in [-0.2, -0.15) is 13.5 Å². The summed E-state index contributed by atoms with van der Waals surface area (Å²) in [5.74, 6) is 0.307. The number of amides is 1. The number of hydrogen-bond donors (Lipinski definition) is 2. The monoisotopic (exact) mass is 678 g/mol. The fourth-order valence-electron chi connectivity index (χ4n) is 5.82. The van der Waals surface area contributed by atoms with Crippen LogP contribution in [0.1, 0.15) is 65.5 Å². The summed E-state index contributed by atoms with van der Waals surface area (Å²) in [4.78, 5) is 39.1. The Morgan fingerprint density at radius 1 is 0.958 bits per heavy atom. The van der Waals surface area contributed by atoms with Crippen LogP contribution in [-0.2, 0) is 32.1 Å². The van der Waals surface area contributed by atoms with Gasteiger partial charge in [-0.25, -0.2) is 14.8 Å². The maximum absolute atomic E-state index is 12.9. The second-order valence-electron chi connectivity index (χ2n) is 14.1. The molecule has 48 heavy (non-hydrogen) atoms. The van der Waals surface area contributed by atoms with Crippen molar-refractivity contribution in [3.05, 3.63) is 65.9 Å². The molecule has 2 aromatic carbocycles. The molecule has 1 amide bonds. The molecule has 2 aliphatic rings. The molecule has 2 N–H and O–H groups in total. The average molecular weight is 679 g/mol. The van der Waals surface area contributed by atoms with Crippen LogP contribution in [-0.4, -0.2) is 77.0 Å². The quantitative estimate of drug-likeness (QED) is 0.255. The highest BCUT2D eigenvalue weighted by atomic mass is 32.1. The molecular formula is C36H50N6O5S. The van der Waals surface area contributed by atoms with Gasteiger partial charge in [-0.3, -0.25) is 9.69 Å². The molecule has 2 fully saturated rings. The van der Waals surface area contributed by atoms with Crippen molar-refractivity contribution in [2.45, 2.75) is 84.7 Å². The van der Waals surface area contributed by atoms with Crippen molar-refractivity contribution < 1.29 is 23.8 Å². The fraction of sp³-hybridized carbons (Fsp3) is 0.500. The van der Waals surface area contributed by atoms with E-state index in [-0.39, 0.29) is 25.5 Å². The number of ether oxygens (including phenoxy) is 3. The number of carbonyl (C=O) groups is 2. The van der Waals surface area contributed by atoms with Crippen LogP contribution in [0.4, 0.5) is 22.1 Å². The number of anilines is 3. The van der Waals surface area contributed by atoms with Crippen LogP contribution >= 0.6 is 13.5 Å². The average Bonchev–Trinajstić information content (AvgIpc) is 3.47. The zero-order valence-electron chi connectivity index (χ0n) is 29.0. The smallest absolute Gasteiger partial charge is 0.407 e. The number of hydrogen-bond acceptors (Lipinski definition) is 10. The summed E-state index contributed by atoms with van der Waals surface area (Å²) in [5, 5.41) is 6.25. The summed E-state index contributed by atoms with van der Waals surface area (Å²) in [5.41, 5.74) is 4.54. The van der Waals surface area contributed by atoms with Crippen LogP contribution < -0.4 is 15.5 Å². The van der Waals surface area contributed by atoms with Crippen LogP contribution in [0.5, 0.6) is 0 Å². The molecule has 1 atom stereocenters. The summed E-state index contributed by atoms with van der Waals surface area (Å²) in [6.07, 6.45) is 3.05. The molecule has 0 radical (unpaired) electrons. The third-order valence-electron chi connectivity index (χ3n) is 7.82. The van der Waals surface area contributed by atoms with Crippen LogP contribution in [0.2, 0.25) is 0 Å². The Morgan fingerprint density at radius 3 is 2.44 bits per heavy atom. The first-order valence-electron chi connectivity index (χ1n) is 16.4. The molecule has 5 rings (SSSR count). The maximum Gasteiger partial charge on any atom is 0.407 e. The SMILES string of the molecule is CC(C)(C)OC(=O)NCc1cc(Nc2nccc(-c3cccc(CN4CCCC4C(=O)OC(C)(C)C)c3)n2)ccc1N1CCOCC1.S. The van der Waals surface area contributed by atoms with Gasteiger partial charge in [-0.1, -0.05) is 18.2 Å². The van der Waals surface area contributed by atoms with Crippen LogP contribution in [0, 0.1) is 0 Å². The first-order chi connectivity index (χ1) is 22.3. The Balaban J connectivity index is 0.00000520. The van der Waals surface area contributed by atoms with Gasteiger partial charge in [0.15, 0.2) is 0 Å². The van der Waals surface area contributed by atoms with Crippen molar-refractivity contribution in [3.63, 3.8) is 0 Å². The Labute approximate surface area is 291 Å². The zero-order chi connectivity index (χ0) is 33.6. The lowest BCUT2D eigenvalue weighted by atomic mass is 10.1. The van der Waals surface area contributed by atoms with E-state index in [1.165, 1.54) is 0 Å². The van der Waals surface area contributed by atoms with Gasteiger partial charge in [0.05, 0.1) is 18.9 Å². The molecule has 3 aromatic rings. The number of esters is 1. The molecule has 0 saturated carbocycles. The van der Waals surface area contributed by atoms with Crippen molar-refractivity contribution in [1.82, 2.24) is 20.2 Å². The molecule has 0 spiro atoms. The summed E-state index contributed by atoms with van der Waals surface area (Å²) in [7, 11) is 0. The molecule has 2 saturated heterocycles. The molecule has 260 valence electrons. The van der Waals surface area contributed by atoms with E-state index in [2.05, 4.69) is 43.6 Å². The minimum absolute atomic E-state index is 0. The van der Waals surface area contributed by atoms with Crippen LogP contribution in [0.3, 0.4) is 0 Å². The number of likely N-dealkylation sites (tertiary alicyclic amines) is 1. The Kier molecular flexibility index (Phi) is 12.3. The second kappa shape index (κ2) is 16.0. The van der Waals surface area contributed by atoms with Crippen molar-refractivity contribution >= 4 is 42.9 Å². The van der Waals surface area contributed by atoms with Gasteiger partial charge in [-0.15, -0.1) is 0 Å². The topological polar surface area (TPSA) is 118 Å². The van der Waals surface area contributed by atoms with Crippen molar-refractivity contribution in [2.24, 2.45) is 0 Å². The first-order valence-corrected chi connectivity index (χ1v) is 16.4. The van der Waals surface area contributed by atoms with Crippen LogP contribution in [0.15, 0.2) is 54.7 Å². The van der Waals surface area contributed by atoms with Crippen LogP contribution in [0.25, 0.3) is 11.3 Å². The molecule has 11 nitrogen and oxygen atoms in total. The number of nitrogens with zero attached hydrogens (tertiary/aromatic N) is 4. The molecule has 1 unspecified atom stereocenters. The predicted molar refractivity (Wildman–Crippen MR) is 193 cm³/mol. The second-order valence-corrected chi connectivity index (χ2v) is 14.1. The molecule has 0 aliphatic carbocycles. The molecule has 0 bridgehead atoms. The molecule has 3 heterocycles. The van der Waals surface area contributed by atoms with Gasteiger partial charge in [0, 0.05) is 49.3 Å². The van der Waals surface area contributed by atoms with E-state index >= 15 is 0 Å². The van der Waals surface area contributed by atoms with Gasteiger partial charge in [0.1, 0.15) is 17.2 Å². The Hall–Kier alpha value is -3.87. The van der Waals surface area contributed by atoms with E-state index in [0.717, 1.165) is 66.2 Å². The lowest BCUT2D eigenvalue weighted by molar-refractivity contribution is -0.160. The minimum Gasteiger partial charge on any atom is -0.459 e. The van der Waals surface area contributed by atoms with Crippen molar-refractivity contribution in [1.29, 1.82) is 0 Å². The third-order valence-corrected chi connectivity index (χ3v) is 7.82. The third kappa shape index (κ3) is 10.6. The lowest BCUT2D eigenvalue weighted by Crippen LogP contribution is -2.40. The molecule has 12 heteroatoms. The Bertz CT molecular complexity index is 1550. The number of alkyl carbamates (subject to hydrolysis) is 1. The first kappa shape index (κ1) is 37.0. The molecular weight excluding hydrogens is 629 g/mol. The summed E-state index contributed by atoms with van der Waals surface area (Å²) < 4.78 is 16.7. The van der Waals surface area contributed by atoms with E-state index in [0.29, 0.717) is 32.3 Å². The fourth-order valence-corrected chi connectivity index (χ4v) is 5.82. The van der Waals surface area contributed by atoms with Gasteiger partial charge in [0.25, 0.3) is 0 Å². The van der Waals surface area contributed by atoms with E-state index in [1.54, 1.807) is 6.20 Å². The van der Waals surface area contributed by atoms with Gasteiger partial charge < -0.3 is 29.7 Å². The lowest BCUT2D eigenvalue weighted by Gasteiger charge is -2.31. The molecule has 2 aliphatic heterocycles. The summed E-state index contributed by atoms with van der Waals surface area (Å²) >= 11 is 0.